The number of hydrogen-bond donors (Lipinski definition) is 2. The fourth-order valence-corrected chi connectivity index (χ4v) is 2.76. The van der Waals surface area contributed by atoms with Gasteiger partial charge in [0, 0.05) is 23.1 Å². The molecule has 0 fully saturated rings. The Morgan fingerprint density at radius 1 is 0.964 bits per heavy atom. The fourth-order valence-electron chi connectivity index (χ4n) is 2.59. The minimum Gasteiger partial charge on any atom is -0.495 e. The molecular weight excluding hydrogens is 378 g/mol. The van der Waals surface area contributed by atoms with Crippen LogP contribution in [0.15, 0.2) is 60.9 Å². The summed E-state index contributed by atoms with van der Waals surface area (Å²) in [7, 11) is 1.50. The Morgan fingerprint density at radius 3 is 2.36 bits per heavy atom. The summed E-state index contributed by atoms with van der Waals surface area (Å²) in [5, 5.41) is 5.97. The minimum atomic E-state index is -0.432. The quantitative estimate of drug-likeness (QED) is 0.663. The summed E-state index contributed by atoms with van der Waals surface area (Å²) in [4.78, 5) is 29.1. The van der Waals surface area contributed by atoms with E-state index in [0.717, 1.165) is 5.56 Å². The number of hydrogen-bond acceptors (Lipinski definition) is 4. The number of ether oxygens (including phenoxy) is 1. The van der Waals surface area contributed by atoms with Gasteiger partial charge in [0.1, 0.15) is 5.75 Å². The third kappa shape index (κ3) is 4.66. The monoisotopic (exact) mass is 395 g/mol. The molecule has 0 saturated carbocycles. The van der Waals surface area contributed by atoms with Crippen LogP contribution in [0, 0.1) is 6.92 Å². The highest BCUT2D eigenvalue weighted by Crippen LogP contribution is 2.28. The molecule has 2 N–H and O–H groups in total. The predicted molar refractivity (Wildman–Crippen MR) is 109 cm³/mol. The molecule has 0 unspecified atom stereocenters. The topological polar surface area (TPSA) is 80.3 Å². The van der Waals surface area contributed by atoms with Crippen molar-refractivity contribution in [3.05, 3.63) is 82.6 Å². The van der Waals surface area contributed by atoms with Gasteiger partial charge < -0.3 is 15.4 Å². The first kappa shape index (κ1) is 19.4. The zero-order chi connectivity index (χ0) is 20.1. The van der Waals surface area contributed by atoms with E-state index in [1.54, 1.807) is 24.3 Å². The van der Waals surface area contributed by atoms with Crippen LogP contribution in [0.5, 0.6) is 5.75 Å². The zero-order valence-corrected chi connectivity index (χ0v) is 16.1. The smallest absolute Gasteiger partial charge is 0.257 e. The van der Waals surface area contributed by atoms with Gasteiger partial charge in [0.25, 0.3) is 11.8 Å². The van der Waals surface area contributed by atoms with Crippen LogP contribution < -0.4 is 15.4 Å². The summed E-state index contributed by atoms with van der Waals surface area (Å²) >= 11 is 5.99. The molecule has 142 valence electrons. The highest BCUT2D eigenvalue weighted by Gasteiger charge is 2.14. The number of nitrogens with zero attached hydrogens (tertiary/aromatic N) is 1. The van der Waals surface area contributed by atoms with Crippen molar-refractivity contribution in [3.63, 3.8) is 0 Å². The van der Waals surface area contributed by atoms with E-state index in [1.807, 2.05) is 25.1 Å². The van der Waals surface area contributed by atoms with Gasteiger partial charge in [0.2, 0.25) is 0 Å². The Balaban J connectivity index is 1.78. The molecular formula is C21H18ClN3O3. The van der Waals surface area contributed by atoms with Gasteiger partial charge >= 0.3 is 0 Å². The van der Waals surface area contributed by atoms with E-state index in [1.165, 1.54) is 25.6 Å². The molecule has 1 aromatic heterocycles. The molecule has 0 aliphatic rings. The van der Waals surface area contributed by atoms with Gasteiger partial charge in [-0.2, -0.15) is 0 Å². The Labute approximate surface area is 167 Å². The van der Waals surface area contributed by atoms with Crippen LogP contribution in [-0.2, 0) is 0 Å². The Kier molecular flexibility index (Phi) is 5.91. The number of amides is 2. The Morgan fingerprint density at radius 2 is 1.68 bits per heavy atom. The number of aryl methyl sites for hydroxylation is 1. The molecule has 0 radical (unpaired) electrons. The van der Waals surface area contributed by atoms with Crippen molar-refractivity contribution >= 4 is 34.8 Å². The van der Waals surface area contributed by atoms with Gasteiger partial charge in [-0.25, -0.2) is 0 Å². The van der Waals surface area contributed by atoms with Gasteiger partial charge in [0.05, 0.1) is 23.9 Å². The van der Waals surface area contributed by atoms with Crippen molar-refractivity contribution in [2.45, 2.75) is 6.92 Å². The molecule has 28 heavy (non-hydrogen) atoms. The number of nitrogens with one attached hydrogen (secondary N) is 2. The van der Waals surface area contributed by atoms with Crippen molar-refractivity contribution in [2.24, 2.45) is 0 Å². The lowest BCUT2D eigenvalue weighted by molar-refractivity contribution is 0.102. The molecule has 0 bridgehead atoms. The second-order valence-electron chi connectivity index (χ2n) is 6.08. The van der Waals surface area contributed by atoms with E-state index in [4.69, 9.17) is 16.3 Å². The average molecular weight is 396 g/mol. The maximum absolute atomic E-state index is 12.6. The predicted octanol–water partition coefficient (Wildman–Crippen LogP) is 4.56. The molecule has 3 rings (SSSR count). The third-order valence-corrected chi connectivity index (χ3v) is 4.18. The maximum atomic E-state index is 12.6. The lowest BCUT2D eigenvalue weighted by Crippen LogP contribution is -2.16. The molecule has 7 heteroatoms. The van der Waals surface area contributed by atoms with Crippen LogP contribution >= 0.6 is 11.6 Å². The summed E-state index contributed by atoms with van der Waals surface area (Å²) in [6.45, 7) is 1.94. The number of benzene rings is 2. The maximum Gasteiger partial charge on any atom is 0.257 e. The lowest BCUT2D eigenvalue weighted by Gasteiger charge is -2.11. The first-order valence-electron chi connectivity index (χ1n) is 8.44. The van der Waals surface area contributed by atoms with Crippen molar-refractivity contribution in [3.8, 4) is 5.75 Å². The summed E-state index contributed by atoms with van der Waals surface area (Å²) < 4.78 is 5.22. The van der Waals surface area contributed by atoms with Crippen LogP contribution in [0.2, 0.25) is 5.02 Å². The number of pyridine rings is 1. The van der Waals surface area contributed by atoms with Gasteiger partial charge in [-0.05, 0) is 48.9 Å². The summed E-state index contributed by atoms with van der Waals surface area (Å²) in [5.74, 6) is -0.314. The number of rotatable bonds is 5. The molecule has 2 amide bonds. The van der Waals surface area contributed by atoms with Crippen molar-refractivity contribution in [1.82, 2.24) is 4.98 Å². The molecule has 0 atom stereocenters. The number of halogens is 1. The van der Waals surface area contributed by atoms with Crippen LogP contribution in [-0.4, -0.2) is 23.9 Å². The minimum absolute atomic E-state index is 0.235. The largest absolute Gasteiger partial charge is 0.495 e. The first-order valence-corrected chi connectivity index (χ1v) is 8.82. The fraction of sp³-hybridized carbons (Fsp3) is 0.0952. The van der Waals surface area contributed by atoms with Crippen LogP contribution in [0.1, 0.15) is 26.3 Å². The second-order valence-corrected chi connectivity index (χ2v) is 6.52. The molecule has 2 aromatic carbocycles. The number of carbonyl (C=O) groups is 2. The van der Waals surface area contributed by atoms with E-state index in [2.05, 4.69) is 15.6 Å². The van der Waals surface area contributed by atoms with E-state index in [-0.39, 0.29) is 17.0 Å². The average Bonchev–Trinajstić information content (AvgIpc) is 2.68. The van der Waals surface area contributed by atoms with E-state index < -0.39 is 5.91 Å². The van der Waals surface area contributed by atoms with E-state index in [0.29, 0.717) is 22.1 Å². The van der Waals surface area contributed by atoms with Crippen molar-refractivity contribution < 1.29 is 14.3 Å². The SMILES string of the molecule is COc1ccc(Cl)cc1NC(=O)c1cncc(C(=O)Nc2cccc(C)c2)c1. The van der Waals surface area contributed by atoms with Gasteiger partial charge in [-0.1, -0.05) is 23.7 Å². The van der Waals surface area contributed by atoms with E-state index in [9.17, 15) is 9.59 Å². The highest BCUT2D eigenvalue weighted by molar-refractivity contribution is 6.31. The summed E-state index contributed by atoms with van der Waals surface area (Å²) in [6.07, 6.45) is 2.79. The Bertz CT molecular complexity index is 1040. The zero-order valence-electron chi connectivity index (χ0n) is 15.3. The first-order chi connectivity index (χ1) is 13.5. The highest BCUT2D eigenvalue weighted by atomic mass is 35.5. The van der Waals surface area contributed by atoms with Gasteiger partial charge in [-0.15, -0.1) is 0 Å². The summed E-state index contributed by atoms with van der Waals surface area (Å²) in [5.41, 5.74) is 2.63. The van der Waals surface area contributed by atoms with Crippen molar-refractivity contribution in [1.29, 1.82) is 0 Å². The van der Waals surface area contributed by atoms with Gasteiger partial charge in [-0.3, -0.25) is 14.6 Å². The summed E-state index contributed by atoms with van der Waals surface area (Å²) in [6, 6.07) is 13.8. The number of carbonyl (C=O) groups excluding carboxylic acids is 2. The third-order valence-electron chi connectivity index (χ3n) is 3.95. The molecule has 3 aromatic rings. The second kappa shape index (κ2) is 8.54. The number of aromatic nitrogens is 1. The molecule has 0 saturated heterocycles. The molecule has 0 aliphatic heterocycles. The van der Waals surface area contributed by atoms with Crippen LogP contribution in [0.4, 0.5) is 11.4 Å². The normalized spacial score (nSPS) is 10.2. The van der Waals surface area contributed by atoms with E-state index >= 15 is 0 Å². The van der Waals surface area contributed by atoms with Crippen molar-refractivity contribution in [2.75, 3.05) is 17.7 Å². The molecule has 1 heterocycles. The van der Waals surface area contributed by atoms with Crippen LogP contribution in [0.3, 0.4) is 0 Å². The molecule has 0 spiro atoms. The molecule has 0 aliphatic carbocycles. The standard InChI is InChI=1S/C21H18ClN3O3/c1-13-4-3-5-17(8-13)24-20(26)14-9-15(12-23-11-14)21(27)25-18-10-16(22)6-7-19(18)28-2/h3-12H,1-2H3,(H,24,26)(H,25,27). The molecule has 6 nitrogen and oxygen atoms in total. The number of methoxy groups -OCH3 is 1. The van der Waals surface area contributed by atoms with Gasteiger partial charge in [0.15, 0.2) is 0 Å². The Hall–Kier alpha value is -3.38. The van der Waals surface area contributed by atoms with Crippen LogP contribution in [0.25, 0.3) is 0 Å². The number of anilines is 2. The lowest BCUT2D eigenvalue weighted by atomic mass is 10.1.